The van der Waals surface area contributed by atoms with Crippen molar-refractivity contribution >= 4 is 33.5 Å². The fourth-order valence-electron chi connectivity index (χ4n) is 1.54. The number of carboxylic acid groups (broad SMARTS) is 1. The van der Waals surface area contributed by atoms with E-state index in [0.717, 1.165) is 0 Å². The molecule has 2 aromatic rings. The number of hydrogen-bond donors (Lipinski definition) is 2. The average Bonchev–Trinajstić information content (AvgIpc) is 2.85. The molecule has 2 N–H and O–H groups in total. The quantitative estimate of drug-likeness (QED) is 0.896. The molecule has 0 saturated heterocycles. The molecule has 0 unspecified atom stereocenters. The molecule has 2 rings (SSSR count). The summed E-state index contributed by atoms with van der Waals surface area (Å²) < 4.78 is 18.4. The molecule has 1 heterocycles. The Labute approximate surface area is 121 Å². The van der Waals surface area contributed by atoms with Gasteiger partial charge < -0.3 is 14.8 Å². The van der Waals surface area contributed by atoms with E-state index >= 15 is 0 Å². The van der Waals surface area contributed by atoms with E-state index in [0.29, 0.717) is 11.3 Å². The van der Waals surface area contributed by atoms with Crippen molar-refractivity contribution in [2.45, 2.75) is 6.92 Å². The SMILES string of the molecule is Cc1cc(F)c(Br)cc1NC(=O)c1ccc(C(=O)O)o1. The Kier molecular flexibility index (Phi) is 3.89. The topological polar surface area (TPSA) is 79.5 Å². The maximum Gasteiger partial charge on any atom is 0.371 e. The summed E-state index contributed by atoms with van der Waals surface area (Å²) in [7, 11) is 0. The van der Waals surface area contributed by atoms with E-state index in [9.17, 15) is 14.0 Å². The van der Waals surface area contributed by atoms with Crippen LogP contribution in [0.2, 0.25) is 0 Å². The van der Waals surface area contributed by atoms with Crippen molar-refractivity contribution in [2.75, 3.05) is 5.32 Å². The van der Waals surface area contributed by atoms with Gasteiger partial charge in [-0.2, -0.15) is 0 Å². The molecular weight excluding hydrogens is 333 g/mol. The molecule has 1 aromatic carbocycles. The lowest BCUT2D eigenvalue weighted by molar-refractivity contribution is 0.0660. The highest BCUT2D eigenvalue weighted by atomic mass is 79.9. The van der Waals surface area contributed by atoms with Crippen LogP contribution in [0.3, 0.4) is 0 Å². The van der Waals surface area contributed by atoms with E-state index in [4.69, 9.17) is 9.52 Å². The van der Waals surface area contributed by atoms with Crippen molar-refractivity contribution in [1.82, 2.24) is 0 Å². The largest absolute Gasteiger partial charge is 0.475 e. The standard InChI is InChI=1S/C13H9BrFNO4/c1-6-4-8(15)7(14)5-9(6)16-12(17)10-2-3-11(20-10)13(18)19/h2-5H,1H3,(H,16,17)(H,18,19). The zero-order chi connectivity index (χ0) is 14.9. The Morgan fingerprint density at radius 3 is 2.55 bits per heavy atom. The molecule has 104 valence electrons. The normalized spacial score (nSPS) is 10.3. The van der Waals surface area contributed by atoms with Crippen molar-refractivity contribution in [3.8, 4) is 0 Å². The minimum atomic E-state index is -1.26. The van der Waals surface area contributed by atoms with Gasteiger partial charge in [0.2, 0.25) is 5.76 Å². The Morgan fingerprint density at radius 2 is 1.95 bits per heavy atom. The number of furan rings is 1. The van der Waals surface area contributed by atoms with Crippen molar-refractivity contribution in [2.24, 2.45) is 0 Å². The molecule has 0 fully saturated rings. The van der Waals surface area contributed by atoms with Crippen LogP contribution in [0.15, 0.2) is 33.2 Å². The Hall–Kier alpha value is -2.15. The molecule has 20 heavy (non-hydrogen) atoms. The van der Waals surface area contributed by atoms with Gasteiger partial charge in [-0.1, -0.05) is 0 Å². The molecule has 0 aliphatic carbocycles. The fraction of sp³-hybridized carbons (Fsp3) is 0.0769. The summed E-state index contributed by atoms with van der Waals surface area (Å²) >= 11 is 3.02. The first-order chi connectivity index (χ1) is 9.38. The first-order valence-electron chi connectivity index (χ1n) is 5.48. The number of carbonyl (C=O) groups excluding carboxylic acids is 1. The van der Waals surface area contributed by atoms with Gasteiger partial charge in [0.25, 0.3) is 5.91 Å². The second-order valence-corrected chi connectivity index (χ2v) is 4.86. The number of aromatic carboxylic acids is 1. The van der Waals surface area contributed by atoms with Gasteiger partial charge >= 0.3 is 5.97 Å². The minimum Gasteiger partial charge on any atom is -0.475 e. The van der Waals surface area contributed by atoms with E-state index in [1.54, 1.807) is 6.92 Å². The van der Waals surface area contributed by atoms with Crippen molar-refractivity contribution < 1.29 is 23.5 Å². The first kappa shape index (κ1) is 14.3. The molecule has 0 aliphatic rings. The van der Waals surface area contributed by atoms with Gasteiger partial charge in [-0.05, 0) is 52.7 Å². The van der Waals surface area contributed by atoms with Gasteiger partial charge in [-0.15, -0.1) is 0 Å². The Morgan fingerprint density at radius 1 is 1.30 bits per heavy atom. The molecule has 5 nitrogen and oxygen atoms in total. The lowest BCUT2D eigenvalue weighted by Crippen LogP contribution is -2.12. The monoisotopic (exact) mass is 341 g/mol. The van der Waals surface area contributed by atoms with Crippen LogP contribution >= 0.6 is 15.9 Å². The fourth-order valence-corrected chi connectivity index (χ4v) is 1.88. The van der Waals surface area contributed by atoms with Crippen LogP contribution in [-0.4, -0.2) is 17.0 Å². The number of aryl methyl sites for hydroxylation is 1. The highest BCUT2D eigenvalue weighted by Gasteiger charge is 2.16. The number of carboxylic acids is 1. The number of amides is 1. The average molecular weight is 342 g/mol. The molecule has 1 amide bonds. The number of hydrogen-bond acceptors (Lipinski definition) is 3. The number of benzene rings is 1. The minimum absolute atomic E-state index is 0.137. The highest BCUT2D eigenvalue weighted by molar-refractivity contribution is 9.10. The van der Waals surface area contributed by atoms with Gasteiger partial charge in [0.05, 0.1) is 4.47 Å². The second-order valence-electron chi connectivity index (χ2n) is 4.00. The number of rotatable bonds is 3. The van der Waals surface area contributed by atoms with E-state index < -0.39 is 17.7 Å². The summed E-state index contributed by atoms with van der Waals surface area (Å²) in [4.78, 5) is 22.5. The predicted molar refractivity (Wildman–Crippen MR) is 72.5 cm³/mol. The smallest absolute Gasteiger partial charge is 0.371 e. The third kappa shape index (κ3) is 2.88. The van der Waals surface area contributed by atoms with Crippen LogP contribution in [0.4, 0.5) is 10.1 Å². The number of nitrogens with one attached hydrogen (secondary N) is 1. The van der Waals surface area contributed by atoms with Crippen LogP contribution in [0.25, 0.3) is 0 Å². The molecule has 0 saturated carbocycles. The van der Waals surface area contributed by atoms with Gasteiger partial charge in [-0.25, -0.2) is 9.18 Å². The van der Waals surface area contributed by atoms with Gasteiger partial charge in [0.1, 0.15) is 5.82 Å². The molecular formula is C13H9BrFNO4. The van der Waals surface area contributed by atoms with Gasteiger partial charge in [0, 0.05) is 5.69 Å². The maximum absolute atomic E-state index is 13.3. The molecule has 0 spiro atoms. The lowest BCUT2D eigenvalue weighted by atomic mass is 10.2. The summed E-state index contributed by atoms with van der Waals surface area (Å²) in [6, 6.07) is 5.13. The predicted octanol–water partition coefficient (Wildman–Crippen LogP) is 3.44. The lowest BCUT2D eigenvalue weighted by Gasteiger charge is -2.08. The van der Waals surface area contributed by atoms with E-state index in [1.165, 1.54) is 24.3 Å². The third-order valence-electron chi connectivity index (χ3n) is 2.56. The summed E-state index contributed by atoms with van der Waals surface area (Å²) in [5.74, 6) is -2.77. The second kappa shape index (κ2) is 5.46. The summed E-state index contributed by atoms with van der Waals surface area (Å²) in [5.41, 5.74) is 0.931. The Bertz CT molecular complexity index is 696. The van der Waals surface area contributed by atoms with E-state index in [1.807, 2.05) is 0 Å². The molecule has 0 radical (unpaired) electrons. The summed E-state index contributed by atoms with van der Waals surface area (Å²) in [6.07, 6.45) is 0. The van der Waals surface area contributed by atoms with Crippen LogP contribution in [-0.2, 0) is 0 Å². The summed E-state index contributed by atoms with van der Waals surface area (Å²) in [5, 5.41) is 11.2. The molecule has 1 aromatic heterocycles. The van der Waals surface area contributed by atoms with Crippen molar-refractivity contribution in [3.63, 3.8) is 0 Å². The van der Waals surface area contributed by atoms with Crippen LogP contribution in [0.5, 0.6) is 0 Å². The molecule has 0 bridgehead atoms. The van der Waals surface area contributed by atoms with Gasteiger partial charge in [-0.3, -0.25) is 4.79 Å². The van der Waals surface area contributed by atoms with Crippen LogP contribution < -0.4 is 5.32 Å². The van der Waals surface area contributed by atoms with E-state index in [2.05, 4.69) is 21.2 Å². The van der Waals surface area contributed by atoms with Crippen LogP contribution in [0, 0.1) is 12.7 Å². The zero-order valence-corrected chi connectivity index (χ0v) is 11.8. The molecule has 7 heteroatoms. The molecule has 0 aliphatic heterocycles. The third-order valence-corrected chi connectivity index (χ3v) is 3.16. The van der Waals surface area contributed by atoms with Gasteiger partial charge in [0.15, 0.2) is 5.76 Å². The summed E-state index contributed by atoms with van der Waals surface area (Å²) in [6.45, 7) is 1.63. The van der Waals surface area contributed by atoms with E-state index in [-0.39, 0.29) is 16.0 Å². The maximum atomic E-state index is 13.3. The van der Waals surface area contributed by atoms with Crippen molar-refractivity contribution in [3.05, 3.63) is 51.6 Å². The van der Waals surface area contributed by atoms with Crippen LogP contribution in [0.1, 0.15) is 26.7 Å². The highest BCUT2D eigenvalue weighted by Crippen LogP contribution is 2.24. The number of carbonyl (C=O) groups is 2. The number of anilines is 1. The molecule has 0 atom stereocenters. The zero-order valence-electron chi connectivity index (χ0n) is 10.2. The van der Waals surface area contributed by atoms with Crippen molar-refractivity contribution in [1.29, 1.82) is 0 Å². The Balaban J connectivity index is 2.23. The number of halogens is 2. The first-order valence-corrected chi connectivity index (χ1v) is 6.28.